The molecule has 5 heteroatoms. The van der Waals surface area contributed by atoms with E-state index in [-0.39, 0.29) is 12.5 Å². The Hall–Kier alpha value is -1.80. The molecule has 2 N–H and O–H groups in total. The van der Waals surface area contributed by atoms with Crippen LogP contribution in [-0.2, 0) is 0 Å². The first-order valence-corrected chi connectivity index (χ1v) is 7.62. The molecule has 3 nitrogen and oxygen atoms in total. The lowest BCUT2D eigenvalue weighted by molar-refractivity contribution is 0.103. The number of hydrogen-bond donors (Lipinski definition) is 2. The fraction of sp³-hybridized carbons (Fsp3) is 0.188. The third-order valence-corrected chi connectivity index (χ3v) is 3.92. The van der Waals surface area contributed by atoms with Gasteiger partial charge in [0.05, 0.1) is 6.61 Å². The van der Waals surface area contributed by atoms with E-state index < -0.39 is 0 Å². The largest absolute Gasteiger partial charge is 0.395 e. The second kappa shape index (κ2) is 7.28. The average molecular weight is 320 g/mol. The van der Waals surface area contributed by atoms with Crippen LogP contribution in [0.25, 0.3) is 0 Å². The summed E-state index contributed by atoms with van der Waals surface area (Å²) < 4.78 is 0. The lowest BCUT2D eigenvalue weighted by Gasteiger charge is -2.08. The average Bonchev–Trinajstić information content (AvgIpc) is 2.91. The first-order valence-electron chi connectivity index (χ1n) is 6.36. The Kier molecular flexibility index (Phi) is 5.40. The van der Waals surface area contributed by atoms with E-state index in [1.165, 1.54) is 11.3 Å². The summed E-state index contributed by atoms with van der Waals surface area (Å²) in [6.07, 6.45) is 0.396. The van der Waals surface area contributed by atoms with E-state index in [1.807, 2.05) is 12.3 Å². The minimum Gasteiger partial charge on any atom is -0.395 e. The van der Waals surface area contributed by atoms with Gasteiger partial charge in [-0.25, -0.2) is 0 Å². The molecule has 21 heavy (non-hydrogen) atoms. The van der Waals surface area contributed by atoms with Gasteiger partial charge in [0.25, 0.3) is 5.91 Å². The summed E-state index contributed by atoms with van der Waals surface area (Å²) in [5.41, 5.74) is 2.31. The van der Waals surface area contributed by atoms with Crippen LogP contribution >= 0.6 is 22.9 Å². The van der Waals surface area contributed by atoms with Crippen molar-refractivity contribution in [2.24, 2.45) is 0 Å². The van der Waals surface area contributed by atoms with Gasteiger partial charge < -0.3 is 10.4 Å². The van der Waals surface area contributed by atoms with E-state index in [4.69, 9.17) is 16.7 Å². The topological polar surface area (TPSA) is 49.3 Å². The van der Waals surface area contributed by atoms with Crippen LogP contribution in [0.3, 0.4) is 0 Å². The second-order valence-electron chi connectivity index (χ2n) is 4.35. The van der Waals surface area contributed by atoms with E-state index in [0.717, 1.165) is 11.3 Å². The fourth-order valence-electron chi connectivity index (χ4n) is 1.74. The van der Waals surface area contributed by atoms with E-state index in [2.05, 4.69) is 17.2 Å². The van der Waals surface area contributed by atoms with Crippen molar-refractivity contribution in [1.29, 1.82) is 0 Å². The van der Waals surface area contributed by atoms with Crippen molar-refractivity contribution in [3.8, 4) is 11.8 Å². The minimum atomic E-state index is -0.191. The van der Waals surface area contributed by atoms with Crippen LogP contribution < -0.4 is 5.32 Å². The normalized spacial score (nSPS) is 9.86. The zero-order valence-electron chi connectivity index (χ0n) is 11.4. The monoisotopic (exact) mass is 319 g/mol. The van der Waals surface area contributed by atoms with Crippen molar-refractivity contribution in [3.05, 3.63) is 50.7 Å². The number of carbonyl (C=O) groups is 1. The van der Waals surface area contributed by atoms with Gasteiger partial charge >= 0.3 is 0 Å². The summed E-state index contributed by atoms with van der Waals surface area (Å²) in [5, 5.41) is 14.1. The molecule has 0 saturated heterocycles. The zero-order chi connectivity index (χ0) is 15.2. The number of carbonyl (C=O) groups excluding carboxylic acids is 1. The van der Waals surface area contributed by atoms with Crippen LogP contribution in [0.1, 0.15) is 27.2 Å². The lowest BCUT2D eigenvalue weighted by Crippen LogP contribution is -2.12. The maximum Gasteiger partial charge on any atom is 0.267 e. The molecule has 0 aliphatic heterocycles. The molecule has 0 aliphatic carbocycles. The van der Waals surface area contributed by atoms with E-state index >= 15 is 0 Å². The molecule has 1 amide bonds. The number of aliphatic hydroxyl groups is 1. The van der Waals surface area contributed by atoms with Gasteiger partial charge in [-0.1, -0.05) is 23.4 Å². The number of amides is 1. The molecule has 1 aromatic carbocycles. The molecule has 1 heterocycles. The first kappa shape index (κ1) is 15.6. The summed E-state index contributed by atoms with van der Waals surface area (Å²) in [5.74, 6) is 5.54. The van der Waals surface area contributed by atoms with Crippen LogP contribution in [0, 0.1) is 18.8 Å². The van der Waals surface area contributed by atoms with Gasteiger partial charge in [0.15, 0.2) is 0 Å². The lowest BCUT2D eigenvalue weighted by atomic mass is 10.2. The van der Waals surface area contributed by atoms with Crippen molar-refractivity contribution in [3.63, 3.8) is 0 Å². The predicted octanol–water partition coefficient (Wildman–Crippen LogP) is 3.70. The highest BCUT2D eigenvalue weighted by Crippen LogP contribution is 2.22. The highest BCUT2D eigenvalue weighted by atomic mass is 35.5. The second-order valence-corrected chi connectivity index (χ2v) is 5.70. The standard InChI is InChI=1S/C16H14ClNO2S/c1-11-10-13(17)5-6-14(11)18-16(20)15-12(7-9-21-15)4-2-3-8-19/h5-7,9-10,19H,3,8H2,1H3,(H,18,20). The molecule has 0 bridgehead atoms. The van der Waals surface area contributed by atoms with Gasteiger partial charge in [0.2, 0.25) is 0 Å². The Morgan fingerprint density at radius 3 is 2.95 bits per heavy atom. The maximum absolute atomic E-state index is 12.3. The Morgan fingerprint density at radius 2 is 2.24 bits per heavy atom. The van der Waals surface area contributed by atoms with Crippen molar-refractivity contribution < 1.29 is 9.90 Å². The van der Waals surface area contributed by atoms with Crippen molar-refractivity contribution in [1.82, 2.24) is 0 Å². The molecule has 0 radical (unpaired) electrons. The molecule has 0 fully saturated rings. The minimum absolute atomic E-state index is 0.0165. The molecule has 0 saturated carbocycles. The molecule has 2 rings (SSSR count). The molecule has 0 spiro atoms. The molecule has 0 unspecified atom stereocenters. The van der Waals surface area contributed by atoms with Crippen LogP contribution in [0.5, 0.6) is 0 Å². The van der Waals surface area contributed by atoms with Crippen LogP contribution in [0.15, 0.2) is 29.6 Å². The van der Waals surface area contributed by atoms with Gasteiger partial charge in [-0.2, -0.15) is 0 Å². The molecular weight excluding hydrogens is 306 g/mol. The third kappa shape index (κ3) is 4.08. The maximum atomic E-state index is 12.3. The van der Waals surface area contributed by atoms with Gasteiger partial charge in [0.1, 0.15) is 4.88 Å². The molecular formula is C16H14ClNO2S. The van der Waals surface area contributed by atoms with Gasteiger partial charge in [0, 0.05) is 22.7 Å². The van der Waals surface area contributed by atoms with Gasteiger partial charge in [-0.3, -0.25) is 4.79 Å². The van der Waals surface area contributed by atoms with Crippen LogP contribution in [0.4, 0.5) is 5.69 Å². The van der Waals surface area contributed by atoms with Crippen molar-refractivity contribution in [2.45, 2.75) is 13.3 Å². The van der Waals surface area contributed by atoms with E-state index in [0.29, 0.717) is 21.9 Å². The number of aryl methyl sites for hydroxylation is 1. The van der Waals surface area contributed by atoms with Crippen LogP contribution in [0.2, 0.25) is 5.02 Å². The van der Waals surface area contributed by atoms with Crippen molar-refractivity contribution in [2.75, 3.05) is 11.9 Å². The van der Waals surface area contributed by atoms with Crippen molar-refractivity contribution >= 4 is 34.5 Å². The number of nitrogens with one attached hydrogen (secondary N) is 1. The van der Waals surface area contributed by atoms with Crippen LogP contribution in [-0.4, -0.2) is 17.6 Å². The zero-order valence-corrected chi connectivity index (χ0v) is 13.0. The van der Waals surface area contributed by atoms with Gasteiger partial charge in [-0.15, -0.1) is 11.3 Å². The Labute approximate surface area is 132 Å². The summed E-state index contributed by atoms with van der Waals surface area (Å²) in [6.45, 7) is 1.90. The van der Waals surface area contributed by atoms with Gasteiger partial charge in [-0.05, 0) is 42.1 Å². The number of rotatable bonds is 3. The predicted molar refractivity (Wildman–Crippen MR) is 87.0 cm³/mol. The molecule has 0 aliphatic rings. The fourth-order valence-corrected chi connectivity index (χ4v) is 2.71. The number of benzene rings is 1. The number of hydrogen-bond acceptors (Lipinski definition) is 3. The smallest absolute Gasteiger partial charge is 0.267 e. The highest BCUT2D eigenvalue weighted by Gasteiger charge is 2.13. The first-order chi connectivity index (χ1) is 10.1. The SMILES string of the molecule is Cc1cc(Cl)ccc1NC(=O)c1sccc1C#CCCO. The molecule has 1 aromatic heterocycles. The van der Waals surface area contributed by atoms with E-state index in [9.17, 15) is 4.79 Å². The summed E-state index contributed by atoms with van der Waals surface area (Å²) in [6, 6.07) is 7.12. The Balaban J connectivity index is 2.18. The Morgan fingerprint density at radius 1 is 1.43 bits per heavy atom. The highest BCUT2D eigenvalue weighted by molar-refractivity contribution is 7.12. The summed E-state index contributed by atoms with van der Waals surface area (Å²) in [7, 11) is 0. The quantitative estimate of drug-likeness (QED) is 0.848. The molecule has 2 aromatic rings. The number of thiophene rings is 1. The number of aliphatic hydroxyl groups excluding tert-OH is 1. The number of halogens is 1. The molecule has 0 atom stereocenters. The Bertz CT molecular complexity index is 713. The number of anilines is 1. The van der Waals surface area contributed by atoms with E-state index in [1.54, 1.807) is 24.3 Å². The summed E-state index contributed by atoms with van der Waals surface area (Å²) >= 11 is 7.24. The summed E-state index contributed by atoms with van der Waals surface area (Å²) in [4.78, 5) is 12.9. The molecule has 108 valence electrons. The third-order valence-electron chi connectivity index (χ3n) is 2.77.